The van der Waals surface area contributed by atoms with E-state index < -0.39 is 5.95 Å². The maximum atomic E-state index is 13.7. The van der Waals surface area contributed by atoms with Crippen LogP contribution in [0.2, 0.25) is 5.02 Å². The quantitative estimate of drug-likeness (QED) is 0.581. The van der Waals surface area contributed by atoms with Crippen molar-refractivity contribution in [1.29, 1.82) is 0 Å². The van der Waals surface area contributed by atoms with Crippen LogP contribution in [0.15, 0.2) is 48.7 Å². The fraction of sp³-hybridized carbons (Fsp3) is 0.118. The number of aromatic nitrogens is 1. The first-order valence-electron chi connectivity index (χ1n) is 6.58. The highest BCUT2D eigenvalue weighted by molar-refractivity contribution is 7.15. The molecule has 106 valence electrons. The molecule has 0 spiro atoms. The fourth-order valence-electron chi connectivity index (χ4n) is 2.21. The summed E-state index contributed by atoms with van der Waals surface area (Å²) in [5, 5.41) is 0.767. The Kier molecular flexibility index (Phi) is 4.04. The van der Waals surface area contributed by atoms with Gasteiger partial charge in [0.25, 0.3) is 0 Å². The first-order valence-corrected chi connectivity index (χ1v) is 7.77. The number of rotatable bonds is 3. The van der Waals surface area contributed by atoms with Crippen LogP contribution in [0.1, 0.15) is 16.0 Å². The van der Waals surface area contributed by atoms with E-state index in [-0.39, 0.29) is 0 Å². The molecule has 0 aliphatic rings. The lowest BCUT2D eigenvalue weighted by Gasteiger charge is -2.04. The van der Waals surface area contributed by atoms with Crippen molar-refractivity contribution >= 4 is 22.9 Å². The van der Waals surface area contributed by atoms with Crippen molar-refractivity contribution in [2.24, 2.45) is 0 Å². The second-order valence-electron chi connectivity index (χ2n) is 4.88. The van der Waals surface area contributed by atoms with Crippen molar-refractivity contribution < 1.29 is 4.39 Å². The van der Waals surface area contributed by atoms with Crippen LogP contribution in [0, 0.1) is 12.9 Å². The third-order valence-electron chi connectivity index (χ3n) is 3.25. The summed E-state index contributed by atoms with van der Waals surface area (Å²) in [5.41, 5.74) is 2.82. The Hall–Kier alpha value is -1.71. The molecule has 1 aromatic carbocycles. The minimum Gasteiger partial charge on any atom is -0.228 e. The molecule has 0 aliphatic carbocycles. The van der Waals surface area contributed by atoms with Gasteiger partial charge < -0.3 is 0 Å². The summed E-state index contributed by atoms with van der Waals surface area (Å²) >= 11 is 7.80. The van der Waals surface area contributed by atoms with Gasteiger partial charge in [-0.25, -0.2) is 4.98 Å². The molecule has 2 aromatic heterocycles. The molecule has 3 aromatic rings. The Morgan fingerprint density at radius 1 is 1.19 bits per heavy atom. The van der Waals surface area contributed by atoms with Gasteiger partial charge in [0.1, 0.15) is 0 Å². The molecule has 0 saturated heterocycles. The number of hydrogen-bond acceptors (Lipinski definition) is 2. The molecule has 2 heterocycles. The van der Waals surface area contributed by atoms with Crippen LogP contribution >= 0.6 is 22.9 Å². The predicted molar refractivity (Wildman–Crippen MR) is 86.5 cm³/mol. The molecule has 0 unspecified atom stereocenters. The van der Waals surface area contributed by atoms with E-state index in [0.717, 1.165) is 26.8 Å². The van der Waals surface area contributed by atoms with E-state index >= 15 is 0 Å². The summed E-state index contributed by atoms with van der Waals surface area (Å²) in [7, 11) is 0. The smallest absolute Gasteiger partial charge is 0.221 e. The number of pyridine rings is 1. The minimum absolute atomic E-state index is 0.431. The van der Waals surface area contributed by atoms with Gasteiger partial charge in [-0.3, -0.25) is 0 Å². The predicted octanol–water partition coefficient (Wildman–Crippen LogP) is 5.50. The number of benzene rings is 1. The monoisotopic (exact) mass is 317 g/mol. The Balaban J connectivity index is 1.89. The Morgan fingerprint density at radius 2 is 2.05 bits per heavy atom. The van der Waals surface area contributed by atoms with E-state index in [1.807, 2.05) is 31.2 Å². The highest BCUT2D eigenvalue weighted by Gasteiger charge is 2.10. The van der Waals surface area contributed by atoms with Crippen molar-refractivity contribution in [2.75, 3.05) is 0 Å². The molecule has 0 radical (unpaired) electrons. The molecule has 0 fully saturated rings. The second kappa shape index (κ2) is 5.96. The van der Waals surface area contributed by atoms with Gasteiger partial charge in [0.15, 0.2) is 0 Å². The molecular formula is C17H13ClFNS. The third kappa shape index (κ3) is 3.14. The van der Waals surface area contributed by atoms with Gasteiger partial charge in [0.2, 0.25) is 5.95 Å². The van der Waals surface area contributed by atoms with Gasteiger partial charge in [0.05, 0.1) is 0 Å². The van der Waals surface area contributed by atoms with Gasteiger partial charge in [0, 0.05) is 33.0 Å². The topological polar surface area (TPSA) is 12.9 Å². The van der Waals surface area contributed by atoms with E-state index in [1.165, 1.54) is 11.8 Å². The van der Waals surface area contributed by atoms with E-state index in [1.54, 1.807) is 23.5 Å². The molecule has 4 heteroatoms. The van der Waals surface area contributed by atoms with E-state index in [0.29, 0.717) is 5.56 Å². The van der Waals surface area contributed by atoms with Crippen LogP contribution < -0.4 is 0 Å². The maximum absolute atomic E-state index is 13.7. The van der Waals surface area contributed by atoms with Crippen LogP contribution in [0.4, 0.5) is 4.39 Å². The molecule has 0 amide bonds. The van der Waals surface area contributed by atoms with Crippen molar-refractivity contribution in [3.8, 4) is 10.4 Å². The first-order chi connectivity index (χ1) is 10.1. The highest BCUT2D eigenvalue weighted by atomic mass is 35.5. The third-order valence-corrected chi connectivity index (χ3v) is 4.74. The Labute approximate surface area is 132 Å². The van der Waals surface area contributed by atoms with E-state index in [4.69, 9.17) is 11.6 Å². The number of hydrogen-bond donors (Lipinski definition) is 0. The zero-order valence-corrected chi connectivity index (χ0v) is 13.0. The van der Waals surface area contributed by atoms with Crippen LogP contribution in [0.3, 0.4) is 0 Å². The standard InChI is InChI=1S/C17H13ClFNS/c1-11-4-6-15(18)12(9-11)10-13-5-7-16(21-13)14-3-2-8-20-17(14)19/h2-9H,10H2,1H3. The average Bonchev–Trinajstić information content (AvgIpc) is 2.92. The summed E-state index contributed by atoms with van der Waals surface area (Å²) in [6, 6.07) is 13.5. The molecule has 0 bridgehead atoms. The lowest BCUT2D eigenvalue weighted by atomic mass is 10.1. The summed E-state index contributed by atoms with van der Waals surface area (Å²) < 4.78 is 13.7. The molecule has 0 aliphatic heterocycles. The van der Waals surface area contributed by atoms with Gasteiger partial charge in [-0.05, 0) is 42.8 Å². The molecule has 0 saturated carbocycles. The molecule has 1 nitrogen and oxygen atoms in total. The normalized spacial score (nSPS) is 10.8. The van der Waals surface area contributed by atoms with Gasteiger partial charge >= 0.3 is 0 Å². The number of thiophene rings is 1. The van der Waals surface area contributed by atoms with Crippen LogP contribution in [-0.4, -0.2) is 4.98 Å². The lowest BCUT2D eigenvalue weighted by Crippen LogP contribution is -1.87. The Morgan fingerprint density at radius 3 is 2.86 bits per heavy atom. The second-order valence-corrected chi connectivity index (χ2v) is 6.45. The zero-order valence-electron chi connectivity index (χ0n) is 11.4. The molecular weight excluding hydrogens is 305 g/mol. The number of aryl methyl sites for hydroxylation is 1. The maximum Gasteiger partial charge on any atom is 0.221 e. The van der Waals surface area contributed by atoms with Gasteiger partial charge in [-0.2, -0.15) is 4.39 Å². The summed E-state index contributed by atoms with van der Waals surface area (Å²) in [6.07, 6.45) is 2.22. The van der Waals surface area contributed by atoms with Gasteiger partial charge in [-0.15, -0.1) is 11.3 Å². The number of nitrogens with zero attached hydrogens (tertiary/aromatic N) is 1. The van der Waals surface area contributed by atoms with Crippen molar-refractivity contribution in [1.82, 2.24) is 4.98 Å². The fourth-order valence-corrected chi connectivity index (χ4v) is 3.44. The minimum atomic E-state index is -0.431. The highest BCUT2D eigenvalue weighted by Crippen LogP contribution is 2.31. The van der Waals surface area contributed by atoms with E-state index in [2.05, 4.69) is 11.1 Å². The van der Waals surface area contributed by atoms with Crippen molar-refractivity contribution in [3.63, 3.8) is 0 Å². The Bertz CT molecular complexity index is 782. The van der Waals surface area contributed by atoms with Crippen molar-refractivity contribution in [3.05, 3.63) is 75.6 Å². The van der Waals surface area contributed by atoms with E-state index in [9.17, 15) is 4.39 Å². The molecule has 0 atom stereocenters. The van der Waals surface area contributed by atoms with Gasteiger partial charge in [-0.1, -0.05) is 29.3 Å². The first kappa shape index (κ1) is 14.2. The van der Waals surface area contributed by atoms with Crippen LogP contribution in [0.25, 0.3) is 10.4 Å². The molecule has 21 heavy (non-hydrogen) atoms. The average molecular weight is 318 g/mol. The summed E-state index contributed by atoms with van der Waals surface area (Å²) in [5.74, 6) is -0.431. The summed E-state index contributed by atoms with van der Waals surface area (Å²) in [6.45, 7) is 2.05. The zero-order chi connectivity index (χ0) is 14.8. The van der Waals surface area contributed by atoms with Crippen LogP contribution in [-0.2, 0) is 6.42 Å². The van der Waals surface area contributed by atoms with Crippen molar-refractivity contribution in [2.45, 2.75) is 13.3 Å². The molecule has 0 N–H and O–H groups in total. The lowest BCUT2D eigenvalue weighted by molar-refractivity contribution is 0.588. The SMILES string of the molecule is Cc1ccc(Cl)c(Cc2ccc(-c3cccnc3F)s2)c1. The van der Waals surface area contributed by atoms with Crippen LogP contribution in [0.5, 0.6) is 0 Å². The number of halogens is 2. The largest absolute Gasteiger partial charge is 0.228 e. The summed E-state index contributed by atoms with van der Waals surface area (Å²) in [4.78, 5) is 5.74. The molecule has 3 rings (SSSR count).